The van der Waals surface area contributed by atoms with Crippen LogP contribution >= 0.6 is 23.0 Å². The Hall–Kier alpha value is -1.11. The second-order valence-corrected chi connectivity index (χ2v) is 3.93. The van der Waals surface area contributed by atoms with Gasteiger partial charge < -0.3 is 7.90 Å². The molecule has 0 radical (unpaired) electrons. The maximum Gasteiger partial charge on any atom is 0.319 e. The standard InChI is InChI=1S/C11H10INO3/c12-15-11(14)7-9-6-10(13-16-9)8-4-2-1-3-5-8/h1-5,9H,6-7H2. The number of benzene rings is 1. The molecule has 0 N–H and O–H groups in total. The van der Waals surface area contributed by atoms with Crippen LogP contribution in [0.2, 0.25) is 0 Å². The Morgan fingerprint density at radius 3 is 2.94 bits per heavy atom. The van der Waals surface area contributed by atoms with E-state index in [4.69, 9.17) is 4.84 Å². The molecular weight excluding hydrogens is 321 g/mol. The van der Waals surface area contributed by atoms with Crippen LogP contribution in [0, 0.1) is 0 Å². The van der Waals surface area contributed by atoms with Crippen LogP contribution in [-0.2, 0) is 12.7 Å². The van der Waals surface area contributed by atoms with E-state index in [9.17, 15) is 4.79 Å². The lowest BCUT2D eigenvalue weighted by atomic mass is 10.0. The van der Waals surface area contributed by atoms with Gasteiger partial charge in [0.1, 0.15) is 6.10 Å². The van der Waals surface area contributed by atoms with Crippen LogP contribution < -0.4 is 0 Å². The van der Waals surface area contributed by atoms with Crippen molar-refractivity contribution >= 4 is 34.7 Å². The van der Waals surface area contributed by atoms with Gasteiger partial charge in [-0.2, -0.15) is 0 Å². The summed E-state index contributed by atoms with van der Waals surface area (Å²) in [6.45, 7) is 0. The Balaban J connectivity index is 1.95. The first-order chi connectivity index (χ1) is 7.79. The maximum atomic E-state index is 11.1. The fourth-order valence-electron chi connectivity index (χ4n) is 1.56. The van der Waals surface area contributed by atoms with Gasteiger partial charge in [0.05, 0.1) is 12.1 Å². The highest BCUT2D eigenvalue weighted by atomic mass is 127. The molecule has 1 heterocycles. The van der Waals surface area contributed by atoms with Crippen LogP contribution in [0.25, 0.3) is 0 Å². The minimum Gasteiger partial charge on any atom is -0.394 e. The molecule has 1 aromatic carbocycles. The summed E-state index contributed by atoms with van der Waals surface area (Å²) < 4.78 is 4.55. The molecule has 0 amide bonds. The molecule has 5 heteroatoms. The fourth-order valence-corrected chi connectivity index (χ4v) is 1.74. The van der Waals surface area contributed by atoms with Crippen LogP contribution in [-0.4, -0.2) is 17.8 Å². The maximum absolute atomic E-state index is 11.1. The van der Waals surface area contributed by atoms with Gasteiger partial charge in [0.2, 0.25) is 0 Å². The fraction of sp³-hybridized carbons (Fsp3) is 0.273. The summed E-state index contributed by atoms with van der Waals surface area (Å²) in [6, 6.07) is 9.79. The number of nitrogens with zero attached hydrogens (tertiary/aromatic N) is 1. The van der Waals surface area contributed by atoms with Crippen molar-refractivity contribution in [2.75, 3.05) is 0 Å². The minimum atomic E-state index is -0.282. The molecule has 1 aliphatic rings. The third kappa shape index (κ3) is 2.72. The van der Waals surface area contributed by atoms with Gasteiger partial charge in [0.15, 0.2) is 23.0 Å². The second-order valence-electron chi connectivity index (χ2n) is 3.49. The zero-order chi connectivity index (χ0) is 11.4. The van der Waals surface area contributed by atoms with E-state index in [0.717, 1.165) is 11.3 Å². The van der Waals surface area contributed by atoms with Crippen LogP contribution in [0.1, 0.15) is 18.4 Å². The van der Waals surface area contributed by atoms with E-state index < -0.39 is 0 Å². The van der Waals surface area contributed by atoms with Crippen molar-refractivity contribution in [2.45, 2.75) is 18.9 Å². The predicted octanol–water partition coefficient (Wildman–Crippen LogP) is 2.46. The number of oxime groups is 1. The van der Waals surface area contributed by atoms with E-state index in [2.05, 4.69) is 8.22 Å². The molecule has 0 saturated carbocycles. The highest BCUT2D eigenvalue weighted by molar-refractivity contribution is 14.1. The third-order valence-electron chi connectivity index (χ3n) is 2.32. The normalized spacial score (nSPS) is 18.8. The Morgan fingerprint density at radius 2 is 2.25 bits per heavy atom. The summed E-state index contributed by atoms with van der Waals surface area (Å²) >= 11 is 1.57. The van der Waals surface area contributed by atoms with E-state index in [1.54, 1.807) is 23.0 Å². The highest BCUT2D eigenvalue weighted by Crippen LogP contribution is 2.19. The Bertz CT molecular complexity index is 405. The molecular formula is C11H10INO3. The van der Waals surface area contributed by atoms with Gasteiger partial charge >= 0.3 is 5.97 Å². The molecule has 0 aliphatic carbocycles. The molecule has 1 atom stereocenters. The van der Waals surface area contributed by atoms with E-state index in [0.29, 0.717) is 6.42 Å². The Morgan fingerprint density at radius 1 is 1.50 bits per heavy atom. The largest absolute Gasteiger partial charge is 0.394 e. The van der Waals surface area contributed by atoms with Gasteiger partial charge in [-0.3, -0.25) is 4.79 Å². The lowest BCUT2D eigenvalue weighted by Gasteiger charge is -2.04. The van der Waals surface area contributed by atoms with E-state index in [1.807, 2.05) is 30.3 Å². The molecule has 0 spiro atoms. The molecule has 4 nitrogen and oxygen atoms in total. The Kier molecular flexibility index (Phi) is 3.76. The topological polar surface area (TPSA) is 47.9 Å². The summed E-state index contributed by atoms with van der Waals surface area (Å²) in [6.07, 6.45) is 0.691. The van der Waals surface area contributed by atoms with E-state index in [1.165, 1.54) is 0 Å². The number of rotatable bonds is 3. The number of halogens is 1. The quantitative estimate of drug-likeness (QED) is 0.800. The molecule has 16 heavy (non-hydrogen) atoms. The van der Waals surface area contributed by atoms with Gasteiger partial charge in [-0.25, -0.2) is 0 Å². The number of carbonyl (C=O) groups excluding carboxylic acids is 1. The first kappa shape index (κ1) is 11.4. The van der Waals surface area contributed by atoms with Crippen LogP contribution in [0.3, 0.4) is 0 Å². The zero-order valence-electron chi connectivity index (χ0n) is 8.43. The van der Waals surface area contributed by atoms with Gasteiger partial charge in [0.25, 0.3) is 0 Å². The minimum absolute atomic E-state index is 0.197. The summed E-state index contributed by atoms with van der Waals surface area (Å²) in [7, 11) is 0. The van der Waals surface area contributed by atoms with Gasteiger partial charge in [0, 0.05) is 6.42 Å². The molecule has 1 aliphatic heterocycles. The average Bonchev–Trinajstić information content (AvgIpc) is 2.78. The highest BCUT2D eigenvalue weighted by Gasteiger charge is 2.25. The van der Waals surface area contributed by atoms with Crippen molar-refractivity contribution in [3.63, 3.8) is 0 Å². The summed E-state index contributed by atoms with van der Waals surface area (Å²) in [5.74, 6) is -0.282. The van der Waals surface area contributed by atoms with Crippen molar-refractivity contribution in [1.82, 2.24) is 0 Å². The van der Waals surface area contributed by atoms with Crippen molar-refractivity contribution in [3.8, 4) is 0 Å². The second kappa shape index (κ2) is 5.29. The van der Waals surface area contributed by atoms with Gasteiger partial charge in [-0.15, -0.1) is 0 Å². The zero-order valence-corrected chi connectivity index (χ0v) is 10.6. The molecule has 0 saturated heterocycles. The SMILES string of the molecule is O=C(CC1CC(c2ccccc2)=NO1)OI. The van der Waals surface area contributed by atoms with E-state index in [-0.39, 0.29) is 18.5 Å². The van der Waals surface area contributed by atoms with E-state index >= 15 is 0 Å². The van der Waals surface area contributed by atoms with Crippen LogP contribution in [0.4, 0.5) is 0 Å². The first-order valence-corrected chi connectivity index (χ1v) is 5.77. The lowest BCUT2D eigenvalue weighted by molar-refractivity contribution is -0.133. The van der Waals surface area contributed by atoms with Crippen LogP contribution in [0.5, 0.6) is 0 Å². The summed E-state index contributed by atoms with van der Waals surface area (Å²) in [5, 5.41) is 3.98. The molecule has 0 aromatic heterocycles. The molecule has 1 aromatic rings. The number of hydrogen-bond donors (Lipinski definition) is 0. The van der Waals surface area contributed by atoms with Crippen molar-refractivity contribution < 1.29 is 12.7 Å². The molecule has 84 valence electrons. The molecule has 0 bridgehead atoms. The lowest BCUT2D eigenvalue weighted by Crippen LogP contribution is -2.14. The predicted molar refractivity (Wildman–Crippen MR) is 67.2 cm³/mol. The number of hydrogen-bond acceptors (Lipinski definition) is 4. The average molecular weight is 331 g/mol. The van der Waals surface area contributed by atoms with Crippen molar-refractivity contribution in [1.29, 1.82) is 0 Å². The number of carbonyl (C=O) groups is 1. The first-order valence-electron chi connectivity index (χ1n) is 4.89. The van der Waals surface area contributed by atoms with Gasteiger partial charge in [-0.1, -0.05) is 35.5 Å². The molecule has 0 fully saturated rings. The smallest absolute Gasteiger partial charge is 0.319 e. The molecule has 2 rings (SSSR count). The Labute approximate surface area is 107 Å². The van der Waals surface area contributed by atoms with Crippen molar-refractivity contribution in [3.05, 3.63) is 35.9 Å². The summed E-state index contributed by atoms with van der Waals surface area (Å²) in [5.41, 5.74) is 1.92. The summed E-state index contributed by atoms with van der Waals surface area (Å²) in [4.78, 5) is 16.2. The third-order valence-corrected chi connectivity index (χ3v) is 2.81. The van der Waals surface area contributed by atoms with Crippen molar-refractivity contribution in [2.24, 2.45) is 5.16 Å². The molecule has 1 unspecified atom stereocenters. The van der Waals surface area contributed by atoms with Crippen LogP contribution in [0.15, 0.2) is 35.5 Å². The van der Waals surface area contributed by atoms with Gasteiger partial charge in [-0.05, 0) is 5.56 Å². The monoisotopic (exact) mass is 331 g/mol.